The number of nitrogens with one attached hydrogen (secondary N) is 3. The Balaban J connectivity index is 0.986. The average Bonchev–Trinajstić information content (AvgIpc) is 3.74. The van der Waals surface area contributed by atoms with Crippen molar-refractivity contribution in [1.29, 1.82) is 0 Å². The van der Waals surface area contributed by atoms with Crippen LogP contribution in [0.1, 0.15) is 50.8 Å². The molecule has 41 heavy (non-hydrogen) atoms. The van der Waals surface area contributed by atoms with Crippen molar-refractivity contribution in [3.63, 3.8) is 0 Å². The van der Waals surface area contributed by atoms with E-state index < -0.39 is 6.23 Å². The molecule has 4 aromatic rings. The number of halogens is 1. The normalized spacial score (nSPS) is 17.8. The van der Waals surface area contributed by atoms with Gasteiger partial charge in [-0.1, -0.05) is 48.0 Å². The van der Waals surface area contributed by atoms with Gasteiger partial charge in [0, 0.05) is 36.8 Å². The van der Waals surface area contributed by atoms with Gasteiger partial charge in [0.25, 0.3) is 5.91 Å². The molecule has 2 aromatic carbocycles. The second-order valence-electron chi connectivity index (χ2n) is 10.3. The lowest BCUT2D eigenvalue weighted by atomic mass is 10.0. The first-order chi connectivity index (χ1) is 19.9. The molecular weight excluding hydrogens is 578 g/mol. The van der Waals surface area contributed by atoms with E-state index in [4.69, 9.17) is 11.6 Å². The van der Waals surface area contributed by atoms with E-state index in [0.29, 0.717) is 34.5 Å². The van der Waals surface area contributed by atoms with Gasteiger partial charge >= 0.3 is 0 Å². The van der Waals surface area contributed by atoms with Crippen molar-refractivity contribution >= 4 is 51.1 Å². The van der Waals surface area contributed by atoms with Gasteiger partial charge in [-0.15, -0.1) is 22.7 Å². The number of carbonyl (C=O) groups excluding carboxylic acids is 2. The Labute approximate surface area is 251 Å². The van der Waals surface area contributed by atoms with Crippen LogP contribution in [0.4, 0.5) is 5.00 Å². The number of aliphatic hydroxyl groups excluding tert-OH is 1. The first-order valence-electron chi connectivity index (χ1n) is 13.6. The summed E-state index contributed by atoms with van der Waals surface area (Å²) in [7, 11) is 0. The number of aliphatic hydroxyl groups is 1. The lowest BCUT2D eigenvalue weighted by molar-refractivity contribution is -0.117. The summed E-state index contributed by atoms with van der Waals surface area (Å²) in [5.74, 6) is 0.183. The van der Waals surface area contributed by atoms with Crippen molar-refractivity contribution in [3.05, 3.63) is 92.9 Å². The average molecular weight is 608 g/mol. The van der Waals surface area contributed by atoms with E-state index in [1.165, 1.54) is 11.3 Å². The van der Waals surface area contributed by atoms with Crippen LogP contribution in [-0.2, 0) is 11.3 Å². The van der Waals surface area contributed by atoms with E-state index in [1.807, 2.05) is 23.2 Å². The third-order valence-corrected chi connectivity index (χ3v) is 9.85. The smallest absolute Gasteiger partial charge is 0.264 e. The minimum atomic E-state index is -0.771. The van der Waals surface area contributed by atoms with Crippen LogP contribution in [-0.4, -0.2) is 52.5 Å². The zero-order chi connectivity index (χ0) is 28.3. The van der Waals surface area contributed by atoms with Gasteiger partial charge in [0.2, 0.25) is 5.91 Å². The Kier molecular flexibility index (Phi) is 8.47. The molecule has 2 saturated heterocycles. The number of anilines is 1. The Bertz CT molecular complexity index is 1510. The Morgan fingerprint density at radius 2 is 1.85 bits per heavy atom. The largest absolute Gasteiger partial charge is 0.374 e. The fourth-order valence-corrected chi connectivity index (χ4v) is 6.98. The number of amides is 2. The number of nitrogens with zero attached hydrogens (tertiary/aromatic N) is 2. The highest BCUT2D eigenvalue weighted by Gasteiger charge is 2.35. The van der Waals surface area contributed by atoms with Crippen molar-refractivity contribution < 1.29 is 14.7 Å². The summed E-state index contributed by atoms with van der Waals surface area (Å²) < 4.78 is 0. The van der Waals surface area contributed by atoms with Gasteiger partial charge in [0.15, 0.2) is 0 Å². The molecule has 0 saturated carbocycles. The van der Waals surface area contributed by atoms with Crippen molar-refractivity contribution in [2.24, 2.45) is 0 Å². The summed E-state index contributed by atoms with van der Waals surface area (Å²) in [6, 6.07) is 18.8. The van der Waals surface area contributed by atoms with E-state index in [9.17, 15) is 14.7 Å². The number of thiophene rings is 1. The zero-order valence-electron chi connectivity index (χ0n) is 22.2. The molecule has 1 unspecified atom stereocenters. The van der Waals surface area contributed by atoms with Crippen LogP contribution in [0, 0.1) is 0 Å². The van der Waals surface area contributed by atoms with Crippen molar-refractivity contribution in [2.45, 2.75) is 37.6 Å². The van der Waals surface area contributed by atoms with Crippen molar-refractivity contribution in [1.82, 2.24) is 20.5 Å². The minimum absolute atomic E-state index is 0.00658. The molecule has 2 fully saturated rings. The first kappa shape index (κ1) is 28.0. The SMILES string of the molecule is O=C(Nc1ccc(C(=O)N2CC(c3ncc(-c4ccc(CNC(O)c5ccc(Cl)cc5)cc4)s3)C2)s1)[C@@H]1CCCN1. The van der Waals surface area contributed by atoms with Crippen LogP contribution in [0.3, 0.4) is 0 Å². The van der Waals surface area contributed by atoms with E-state index in [1.54, 1.807) is 47.7 Å². The van der Waals surface area contributed by atoms with Gasteiger partial charge in [0.1, 0.15) is 6.23 Å². The molecule has 0 spiro atoms. The number of hydrogen-bond acceptors (Lipinski definition) is 8. The molecule has 2 aromatic heterocycles. The number of carbonyl (C=O) groups is 2. The first-order valence-corrected chi connectivity index (χ1v) is 15.6. The van der Waals surface area contributed by atoms with Crippen LogP contribution < -0.4 is 16.0 Å². The van der Waals surface area contributed by atoms with Gasteiger partial charge in [-0.05, 0) is 60.3 Å². The van der Waals surface area contributed by atoms with Gasteiger partial charge in [-0.3, -0.25) is 14.9 Å². The van der Waals surface area contributed by atoms with E-state index >= 15 is 0 Å². The van der Waals surface area contributed by atoms with Crippen LogP contribution in [0.25, 0.3) is 10.4 Å². The molecular formula is C30H30ClN5O3S2. The standard InChI is InChI=1S/C30H30ClN5O3S2/c31-22-9-7-20(8-10-22)27(37)33-14-18-3-5-19(6-4-18)25-15-34-29(41-25)21-16-36(17-21)30(39)24-11-12-26(40-24)35-28(38)23-2-1-13-32-23/h3-12,15,21,23,27,32-33,37H,1-2,13-14,16-17H2,(H,35,38)/t23-,27?/m0/s1. The third kappa shape index (κ3) is 6.53. The summed E-state index contributed by atoms with van der Waals surface area (Å²) in [6.07, 6.45) is 2.98. The lowest BCUT2D eigenvalue weighted by Crippen LogP contribution is -2.48. The summed E-state index contributed by atoms with van der Waals surface area (Å²) in [6.45, 7) is 2.67. The van der Waals surface area contributed by atoms with Gasteiger partial charge in [-0.2, -0.15) is 0 Å². The van der Waals surface area contributed by atoms with E-state index in [-0.39, 0.29) is 23.8 Å². The number of benzene rings is 2. The molecule has 8 nitrogen and oxygen atoms in total. The second kappa shape index (κ2) is 12.4. The molecule has 11 heteroatoms. The second-order valence-corrected chi connectivity index (χ2v) is 12.9. The molecule has 2 aliphatic heterocycles. The maximum Gasteiger partial charge on any atom is 0.264 e. The fourth-order valence-electron chi connectivity index (χ4n) is 4.97. The molecule has 0 bridgehead atoms. The van der Waals surface area contributed by atoms with Gasteiger partial charge in [-0.25, -0.2) is 4.98 Å². The van der Waals surface area contributed by atoms with Crippen molar-refractivity contribution in [2.75, 3.05) is 25.0 Å². The van der Waals surface area contributed by atoms with Crippen LogP contribution in [0.15, 0.2) is 66.9 Å². The van der Waals surface area contributed by atoms with Gasteiger partial charge in [0.05, 0.1) is 25.8 Å². The maximum atomic E-state index is 13.0. The summed E-state index contributed by atoms with van der Waals surface area (Å²) in [5.41, 5.74) is 2.91. The lowest BCUT2D eigenvalue weighted by Gasteiger charge is -2.37. The maximum absolute atomic E-state index is 13.0. The quantitative estimate of drug-likeness (QED) is 0.194. The molecule has 2 aliphatic rings. The third-order valence-electron chi connectivity index (χ3n) is 7.41. The molecule has 2 atom stereocenters. The summed E-state index contributed by atoms with van der Waals surface area (Å²) >= 11 is 8.90. The molecule has 6 rings (SSSR count). The predicted octanol–water partition coefficient (Wildman–Crippen LogP) is 5.24. The highest BCUT2D eigenvalue weighted by molar-refractivity contribution is 7.18. The number of likely N-dealkylation sites (tertiary alicyclic amines) is 1. The number of aromatic nitrogens is 1. The highest BCUT2D eigenvalue weighted by Crippen LogP contribution is 2.36. The van der Waals surface area contributed by atoms with Crippen LogP contribution in [0.5, 0.6) is 0 Å². The Morgan fingerprint density at radius 3 is 2.59 bits per heavy atom. The summed E-state index contributed by atoms with van der Waals surface area (Å²) in [5, 5.41) is 22.0. The molecule has 0 aliphatic carbocycles. The number of rotatable bonds is 9. The Morgan fingerprint density at radius 1 is 1.07 bits per heavy atom. The fraction of sp³-hybridized carbons (Fsp3) is 0.300. The molecule has 2 amide bonds. The van der Waals surface area contributed by atoms with Crippen LogP contribution in [0.2, 0.25) is 5.02 Å². The molecule has 4 N–H and O–H groups in total. The monoisotopic (exact) mass is 607 g/mol. The zero-order valence-corrected chi connectivity index (χ0v) is 24.6. The molecule has 0 radical (unpaired) electrons. The minimum Gasteiger partial charge on any atom is -0.374 e. The molecule has 212 valence electrons. The number of hydrogen-bond donors (Lipinski definition) is 4. The molecule has 4 heterocycles. The predicted molar refractivity (Wildman–Crippen MR) is 163 cm³/mol. The Hall–Kier alpha value is -3.12. The van der Waals surface area contributed by atoms with E-state index in [0.717, 1.165) is 46.0 Å². The van der Waals surface area contributed by atoms with Crippen LogP contribution >= 0.6 is 34.3 Å². The number of thiazole rings is 1. The highest BCUT2D eigenvalue weighted by atomic mass is 35.5. The van der Waals surface area contributed by atoms with Gasteiger partial charge < -0.3 is 20.6 Å². The summed E-state index contributed by atoms with van der Waals surface area (Å²) in [4.78, 5) is 33.5. The van der Waals surface area contributed by atoms with Crippen molar-refractivity contribution in [3.8, 4) is 10.4 Å². The van der Waals surface area contributed by atoms with E-state index in [2.05, 4.69) is 33.1 Å². The topological polar surface area (TPSA) is 107 Å².